The van der Waals surface area contributed by atoms with Crippen LogP contribution in [0.2, 0.25) is 5.02 Å². The van der Waals surface area contributed by atoms with Crippen molar-refractivity contribution in [3.8, 4) is 6.07 Å². The summed E-state index contributed by atoms with van der Waals surface area (Å²) in [6, 6.07) is 15.2. The van der Waals surface area contributed by atoms with Gasteiger partial charge >= 0.3 is 0 Å². The highest BCUT2D eigenvalue weighted by atomic mass is 35.5. The number of nitrogens with zero attached hydrogens (tertiary/aromatic N) is 5. The molecule has 2 fully saturated rings. The molecule has 5 atom stereocenters. The van der Waals surface area contributed by atoms with E-state index in [4.69, 9.17) is 16.9 Å². The van der Waals surface area contributed by atoms with Crippen LogP contribution in [0.15, 0.2) is 60.9 Å². The molecule has 1 N–H and O–H groups in total. The Balaban J connectivity index is 1.40. The number of nitriles is 1. The molecule has 9 heteroatoms. The van der Waals surface area contributed by atoms with Crippen molar-refractivity contribution < 1.29 is 14.3 Å². The van der Waals surface area contributed by atoms with Crippen molar-refractivity contribution in [3.05, 3.63) is 88.6 Å². The van der Waals surface area contributed by atoms with E-state index in [-0.39, 0.29) is 35.4 Å². The second-order valence-electron chi connectivity index (χ2n) is 10.4. The van der Waals surface area contributed by atoms with E-state index in [2.05, 4.69) is 20.9 Å². The predicted octanol–water partition coefficient (Wildman–Crippen LogP) is 4.36. The summed E-state index contributed by atoms with van der Waals surface area (Å²) < 4.78 is 13.5. The molecule has 196 valence electrons. The lowest BCUT2D eigenvalue weighted by Crippen LogP contribution is -2.57. The number of halogens is 2. The van der Waals surface area contributed by atoms with E-state index < -0.39 is 5.60 Å². The average molecular weight is 534 g/mol. The zero-order valence-electron chi connectivity index (χ0n) is 21.3. The quantitative estimate of drug-likeness (QED) is 0.535. The van der Waals surface area contributed by atoms with Crippen LogP contribution in [0.4, 0.5) is 10.2 Å². The summed E-state index contributed by atoms with van der Waals surface area (Å²) in [4.78, 5) is 26.9. The van der Waals surface area contributed by atoms with Crippen LogP contribution in [-0.2, 0) is 10.4 Å². The molecule has 38 heavy (non-hydrogen) atoms. The standard InChI is InChI=1S/C29H29ClFN5O2/c1-18-14-36(15-19(2)29(18,38)21-4-7-23(31)8-5-21)28(37)25-17-35(27-10-3-20(11-32)12-34-27)16-24(25)26-9-6-22(30)13-33-26/h3-10,12-13,18-19,24-25,38H,14-17H2,1-2H3/t18-,19+,24-,25+,29?/m1/s1. The van der Waals surface area contributed by atoms with E-state index in [1.807, 2.05) is 24.8 Å². The van der Waals surface area contributed by atoms with Crippen LogP contribution in [0.1, 0.15) is 36.6 Å². The summed E-state index contributed by atoms with van der Waals surface area (Å²) in [5.41, 5.74) is 0.745. The average Bonchev–Trinajstić information content (AvgIpc) is 3.37. The fourth-order valence-electron chi connectivity index (χ4n) is 5.99. The number of benzene rings is 1. The maximum absolute atomic E-state index is 14.1. The number of aliphatic hydroxyl groups is 1. The molecule has 0 radical (unpaired) electrons. The first kappa shape index (κ1) is 26.1. The molecule has 5 rings (SSSR count). The third kappa shape index (κ3) is 4.72. The molecular formula is C29H29ClFN5O2. The van der Waals surface area contributed by atoms with Crippen molar-refractivity contribution in [3.63, 3.8) is 0 Å². The lowest BCUT2D eigenvalue weighted by Gasteiger charge is -2.48. The van der Waals surface area contributed by atoms with Crippen LogP contribution < -0.4 is 4.90 Å². The highest BCUT2D eigenvalue weighted by molar-refractivity contribution is 6.30. The summed E-state index contributed by atoms with van der Waals surface area (Å²) in [6.45, 7) is 5.61. The zero-order chi connectivity index (χ0) is 27.0. The number of pyridine rings is 2. The Morgan fingerprint density at radius 1 is 1.03 bits per heavy atom. The van der Waals surface area contributed by atoms with E-state index in [0.29, 0.717) is 48.1 Å². The zero-order valence-corrected chi connectivity index (χ0v) is 22.0. The number of hydrogen-bond acceptors (Lipinski definition) is 6. The molecule has 1 amide bonds. The Labute approximate surface area is 226 Å². The van der Waals surface area contributed by atoms with Crippen LogP contribution in [0, 0.1) is 34.9 Å². The van der Waals surface area contributed by atoms with Gasteiger partial charge < -0.3 is 14.9 Å². The van der Waals surface area contributed by atoms with Crippen molar-refractivity contribution in [1.82, 2.24) is 14.9 Å². The van der Waals surface area contributed by atoms with Gasteiger partial charge in [0.15, 0.2) is 0 Å². The van der Waals surface area contributed by atoms with Gasteiger partial charge in [0, 0.05) is 62.0 Å². The maximum atomic E-state index is 14.1. The molecule has 2 aliphatic rings. The third-order valence-electron chi connectivity index (χ3n) is 8.08. The van der Waals surface area contributed by atoms with Crippen LogP contribution in [0.5, 0.6) is 0 Å². The van der Waals surface area contributed by atoms with Crippen molar-refractivity contribution in [2.75, 3.05) is 31.1 Å². The van der Waals surface area contributed by atoms with E-state index in [0.717, 1.165) is 5.69 Å². The minimum absolute atomic E-state index is 0.00255. The van der Waals surface area contributed by atoms with Crippen molar-refractivity contribution >= 4 is 23.3 Å². The number of likely N-dealkylation sites (tertiary alicyclic amines) is 1. The van der Waals surface area contributed by atoms with Gasteiger partial charge in [-0.05, 0) is 42.0 Å². The van der Waals surface area contributed by atoms with Crippen LogP contribution in [0.3, 0.4) is 0 Å². The molecule has 1 unspecified atom stereocenters. The summed E-state index contributed by atoms with van der Waals surface area (Å²) in [7, 11) is 0. The molecular weight excluding hydrogens is 505 g/mol. The minimum atomic E-state index is -1.17. The number of rotatable bonds is 4. The first-order chi connectivity index (χ1) is 18.2. The number of carbonyl (C=O) groups is 1. The molecule has 2 aliphatic heterocycles. The van der Waals surface area contributed by atoms with Gasteiger partial charge in [-0.2, -0.15) is 5.26 Å². The van der Waals surface area contributed by atoms with Gasteiger partial charge in [0.05, 0.1) is 22.1 Å². The summed E-state index contributed by atoms with van der Waals surface area (Å²) in [5, 5.41) is 21.4. The summed E-state index contributed by atoms with van der Waals surface area (Å²) in [5.74, 6) is -0.726. The van der Waals surface area contributed by atoms with Crippen LogP contribution in [0.25, 0.3) is 0 Å². The third-order valence-corrected chi connectivity index (χ3v) is 8.30. The summed E-state index contributed by atoms with van der Waals surface area (Å²) >= 11 is 6.08. The Kier molecular flexibility index (Phi) is 7.08. The SMILES string of the molecule is C[C@@H]1CN(C(=O)[C@H]2CN(c3ccc(C#N)cn3)C[C@H]2c2ccc(Cl)cn2)C[C@H](C)C1(O)c1ccc(F)cc1. The van der Waals surface area contributed by atoms with Gasteiger partial charge in [0.1, 0.15) is 17.7 Å². The monoisotopic (exact) mass is 533 g/mol. The van der Waals surface area contributed by atoms with Gasteiger partial charge in [-0.3, -0.25) is 9.78 Å². The smallest absolute Gasteiger partial charge is 0.228 e. The first-order valence-corrected chi connectivity index (χ1v) is 13.1. The Morgan fingerprint density at radius 2 is 1.74 bits per heavy atom. The normalized spacial score (nSPS) is 27.3. The Hall–Kier alpha value is -3.54. The van der Waals surface area contributed by atoms with Crippen molar-refractivity contribution in [1.29, 1.82) is 5.26 Å². The number of anilines is 1. The number of aromatic nitrogens is 2. The fraction of sp³-hybridized carbons (Fsp3) is 0.379. The molecule has 7 nitrogen and oxygen atoms in total. The number of piperidine rings is 1. The largest absolute Gasteiger partial charge is 0.384 e. The molecule has 1 aromatic carbocycles. The van der Waals surface area contributed by atoms with E-state index in [9.17, 15) is 14.3 Å². The topological polar surface area (TPSA) is 93.4 Å². The van der Waals surface area contributed by atoms with Gasteiger partial charge in [-0.1, -0.05) is 37.6 Å². The molecule has 2 aromatic heterocycles. The minimum Gasteiger partial charge on any atom is -0.384 e. The second-order valence-corrected chi connectivity index (χ2v) is 10.9. The van der Waals surface area contributed by atoms with E-state index in [1.54, 1.807) is 36.5 Å². The molecule has 0 saturated carbocycles. The second kappa shape index (κ2) is 10.3. The lowest BCUT2D eigenvalue weighted by atomic mass is 9.70. The van der Waals surface area contributed by atoms with Crippen LogP contribution >= 0.6 is 11.6 Å². The molecule has 0 spiro atoms. The maximum Gasteiger partial charge on any atom is 0.228 e. The van der Waals surface area contributed by atoms with Gasteiger partial charge in [0.25, 0.3) is 0 Å². The lowest BCUT2D eigenvalue weighted by molar-refractivity contribution is -0.152. The highest BCUT2D eigenvalue weighted by Gasteiger charge is 2.49. The molecule has 2 saturated heterocycles. The van der Waals surface area contributed by atoms with E-state index >= 15 is 0 Å². The molecule has 4 heterocycles. The number of hydrogen-bond donors (Lipinski definition) is 1. The Morgan fingerprint density at radius 3 is 2.32 bits per heavy atom. The predicted molar refractivity (Wildman–Crippen MR) is 142 cm³/mol. The fourth-order valence-corrected chi connectivity index (χ4v) is 6.10. The molecule has 3 aromatic rings. The van der Waals surface area contributed by atoms with Crippen LogP contribution in [-0.4, -0.2) is 52.1 Å². The van der Waals surface area contributed by atoms with Gasteiger partial charge in [0.2, 0.25) is 5.91 Å². The molecule has 0 bridgehead atoms. The van der Waals surface area contributed by atoms with E-state index in [1.165, 1.54) is 18.3 Å². The summed E-state index contributed by atoms with van der Waals surface area (Å²) in [6.07, 6.45) is 3.12. The van der Waals surface area contributed by atoms with Gasteiger partial charge in [-0.15, -0.1) is 0 Å². The van der Waals surface area contributed by atoms with Crippen molar-refractivity contribution in [2.45, 2.75) is 25.4 Å². The first-order valence-electron chi connectivity index (χ1n) is 12.7. The number of amides is 1. The number of carbonyl (C=O) groups excluding carboxylic acids is 1. The van der Waals surface area contributed by atoms with Crippen molar-refractivity contribution in [2.24, 2.45) is 17.8 Å². The highest BCUT2D eigenvalue weighted by Crippen LogP contribution is 2.43. The van der Waals surface area contributed by atoms with Gasteiger partial charge in [-0.25, -0.2) is 9.37 Å². The Bertz CT molecular complexity index is 1330. The molecule has 0 aliphatic carbocycles.